The van der Waals surface area contributed by atoms with Crippen LogP contribution in [-0.2, 0) is 4.79 Å². The zero-order chi connectivity index (χ0) is 17.1. The number of rotatable bonds is 4. The minimum Gasteiger partial charge on any atom is -0.316 e. The van der Waals surface area contributed by atoms with E-state index in [2.05, 4.69) is 29.4 Å². The van der Waals surface area contributed by atoms with Crippen LogP contribution in [0.1, 0.15) is 16.7 Å². The third-order valence-electron chi connectivity index (χ3n) is 3.61. The Morgan fingerprint density at radius 3 is 2.96 bits per heavy atom. The van der Waals surface area contributed by atoms with Gasteiger partial charge in [-0.3, -0.25) is 4.79 Å². The van der Waals surface area contributed by atoms with E-state index in [9.17, 15) is 4.79 Å². The molecule has 0 radical (unpaired) electrons. The molecule has 3 aromatic rings. The van der Waals surface area contributed by atoms with Crippen molar-refractivity contribution in [2.75, 3.05) is 11.1 Å². The number of hydrogen-bond acceptors (Lipinski definition) is 5. The van der Waals surface area contributed by atoms with Gasteiger partial charge in [0.05, 0.1) is 21.9 Å². The summed E-state index contributed by atoms with van der Waals surface area (Å²) in [5.74, 6) is 0.121. The van der Waals surface area contributed by atoms with Crippen molar-refractivity contribution < 1.29 is 4.79 Å². The average molecular weight is 353 g/mol. The number of fused-ring (bicyclic) bond motifs is 1. The second kappa shape index (κ2) is 7.04. The highest BCUT2D eigenvalue weighted by molar-refractivity contribution is 7.99. The fourth-order valence-electron chi connectivity index (χ4n) is 2.40. The zero-order valence-electron chi connectivity index (χ0n) is 13.3. The van der Waals surface area contributed by atoms with Crippen LogP contribution in [0.5, 0.6) is 0 Å². The molecule has 0 aliphatic rings. The lowest BCUT2D eigenvalue weighted by Crippen LogP contribution is -2.13. The van der Waals surface area contributed by atoms with Crippen molar-refractivity contribution >= 4 is 44.9 Å². The fourth-order valence-corrected chi connectivity index (χ4v) is 3.92. The third kappa shape index (κ3) is 3.42. The maximum Gasteiger partial charge on any atom is 0.235 e. The number of benzene rings is 1. The molecule has 6 heteroatoms. The number of thiophene rings is 1. The third-order valence-corrected chi connectivity index (χ3v) is 5.36. The zero-order valence-corrected chi connectivity index (χ0v) is 14.9. The van der Waals surface area contributed by atoms with Gasteiger partial charge >= 0.3 is 0 Å². The Morgan fingerprint density at radius 2 is 2.17 bits per heavy atom. The van der Waals surface area contributed by atoms with Crippen LogP contribution in [0, 0.1) is 25.2 Å². The van der Waals surface area contributed by atoms with Crippen molar-refractivity contribution in [3.8, 4) is 6.07 Å². The lowest BCUT2D eigenvalue weighted by molar-refractivity contribution is -0.113. The van der Waals surface area contributed by atoms with E-state index < -0.39 is 0 Å². The molecule has 2 heterocycles. The van der Waals surface area contributed by atoms with Gasteiger partial charge in [0.2, 0.25) is 5.91 Å². The number of nitrogens with one attached hydrogen (secondary N) is 1. The molecule has 0 aliphatic heterocycles. The van der Waals surface area contributed by atoms with Crippen LogP contribution < -0.4 is 5.32 Å². The van der Waals surface area contributed by atoms with E-state index in [1.165, 1.54) is 23.1 Å². The summed E-state index contributed by atoms with van der Waals surface area (Å²) in [5.41, 5.74) is 3.75. The number of nitriles is 1. The first-order chi connectivity index (χ1) is 11.6. The Hall–Kier alpha value is -2.36. The molecular weight excluding hydrogens is 338 g/mol. The molecule has 0 unspecified atom stereocenters. The van der Waals surface area contributed by atoms with E-state index >= 15 is 0 Å². The average Bonchev–Trinajstić information content (AvgIpc) is 3.01. The minimum atomic E-state index is -0.136. The van der Waals surface area contributed by atoms with Gasteiger partial charge in [-0.15, -0.1) is 11.3 Å². The van der Waals surface area contributed by atoms with Crippen molar-refractivity contribution in [2.45, 2.75) is 18.9 Å². The van der Waals surface area contributed by atoms with Crippen molar-refractivity contribution in [1.29, 1.82) is 5.26 Å². The van der Waals surface area contributed by atoms with Crippen molar-refractivity contribution in [3.63, 3.8) is 0 Å². The SMILES string of the molecule is Cc1cc(SCC(=O)Nc2sccc2C#N)nc2c(C)cccc12. The molecular formula is C18H15N3OS2. The monoisotopic (exact) mass is 353 g/mol. The number of pyridine rings is 1. The van der Waals surface area contributed by atoms with Gasteiger partial charge in [0.1, 0.15) is 11.1 Å². The minimum absolute atomic E-state index is 0.136. The Morgan fingerprint density at radius 1 is 1.33 bits per heavy atom. The second-order valence-electron chi connectivity index (χ2n) is 5.36. The number of carbonyl (C=O) groups is 1. The standard InChI is InChI=1S/C18H15N3OS2/c1-11-4-3-5-14-12(2)8-16(21-17(11)14)24-10-15(22)20-18-13(9-19)6-7-23-18/h3-8H,10H2,1-2H3,(H,20,22). The Labute approximate surface area is 148 Å². The molecule has 3 rings (SSSR count). The Bertz CT molecular complexity index is 957. The number of amides is 1. The first-order valence-corrected chi connectivity index (χ1v) is 9.22. The number of carbonyl (C=O) groups excluding carboxylic acids is 1. The smallest absolute Gasteiger partial charge is 0.235 e. The molecule has 24 heavy (non-hydrogen) atoms. The summed E-state index contributed by atoms with van der Waals surface area (Å²) in [6, 6.07) is 11.9. The predicted molar refractivity (Wildman–Crippen MR) is 99.6 cm³/mol. The molecule has 4 nitrogen and oxygen atoms in total. The molecule has 0 saturated heterocycles. The van der Waals surface area contributed by atoms with E-state index in [0.29, 0.717) is 10.6 Å². The summed E-state index contributed by atoms with van der Waals surface area (Å²) in [6.07, 6.45) is 0. The number of aromatic nitrogens is 1. The molecule has 1 amide bonds. The lowest BCUT2D eigenvalue weighted by atomic mass is 10.1. The van der Waals surface area contributed by atoms with E-state index in [1.807, 2.05) is 25.1 Å². The summed E-state index contributed by atoms with van der Waals surface area (Å²) in [5, 5.41) is 16.1. The summed E-state index contributed by atoms with van der Waals surface area (Å²) in [7, 11) is 0. The van der Waals surface area contributed by atoms with Gasteiger partial charge in [-0.25, -0.2) is 4.98 Å². The number of nitrogens with zero attached hydrogens (tertiary/aromatic N) is 2. The topological polar surface area (TPSA) is 65.8 Å². The molecule has 120 valence electrons. The molecule has 1 N–H and O–H groups in total. The fraction of sp³-hybridized carbons (Fsp3) is 0.167. The van der Waals surface area contributed by atoms with Gasteiger partial charge in [0.15, 0.2) is 0 Å². The molecule has 0 fully saturated rings. The van der Waals surface area contributed by atoms with E-state index in [1.54, 1.807) is 11.4 Å². The van der Waals surface area contributed by atoms with Crippen LogP contribution in [-0.4, -0.2) is 16.6 Å². The first-order valence-electron chi connectivity index (χ1n) is 7.35. The Balaban J connectivity index is 1.73. The van der Waals surface area contributed by atoms with Gasteiger partial charge < -0.3 is 5.32 Å². The van der Waals surface area contributed by atoms with Gasteiger partial charge in [-0.1, -0.05) is 30.0 Å². The Kier molecular flexibility index (Phi) is 4.84. The molecule has 0 spiro atoms. The highest BCUT2D eigenvalue weighted by atomic mass is 32.2. The normalized spacial score (nSPS) is 10.5. The van der Waals surface area contributed by atoms with Crippen LogP contribution in [0.3, 0.4) is 0 Å². The van der Waals surface area contributed by atoms with E-state index in [4.69, 9.17) is 5.26 Å². The van der Waals surface area contributed by atoms with Crippen LogP contribution >= 0.6 is 23.1 Å². The van der Waals surface area contributed by atoms with E-state index in [-0.39, 0.29) is 11.7 Å². The number of hydrogen-bond donors (Lipinski definition) is 1. The molecule has 0 atom stereocenters. The summed E-state index contributed by atoms with van der Waals surface area (Å²) in [4.78, 5) is 16.8. The highest BCUT2D eigenvalue weighted by Crippen LogP contribution is 2.26. The van der Waals surface area contributed by atoms with Crippen molar-refractivity contribution in [2.24, 2.45) is 0 Å². The maximum atomic E-state index is 12.1. The van der Waals surface area contributed by atoms with E-state index in [0.717, 1.165) is 27.1 Å². The molecule has 1 aromatic carbocycles. The highest BCUT2D eigenvalue weighted by Gasteiger charge is 2.10. The van der Waals surface area contributed by atoms with Gasteiger partial charge in [-0.2, -0.15) is 5.26 Å². The van der Waals surface area contributed by atoms with Crippen LogP contribution in [0.4, 0.5) is 5.00 Å². The number of aryl methyl sites for hydroxylation is 2. The van der Waals surface area contributed by atoms with Crippen LogP contribution in [0.15, 0.2) is 40.7 Å². The second-order valence-corrected chi connectivity index (χ2v) is 7.27. The molecule has 0 bridgehead atoms. The number of thioether (sulfide) groups is 1. The van der Waals surface area contributed by atoms with Crippen LogP contribution in [0.2, 0.25) is 0 Å². The molecule has 0 saturated carbocycles. The summed E-state index contributed by atoms with van der Waals surface area (Å²) < 4.78 is 0. The van der Waals surface area contributed by atoms with Gasteiger partial charge in [0.25, 0.3) is 0 Å². The lowest BCUT2D eigenvalue weighted by Gasteiger charge is -2.08. The largest absolute Gasteiger partial charge is 0.316 e. The first kappa shape index (κ1) is 16.5. The number of para-hydroxylation sites is 1. The van der Waals surface area contributed by atoms with Gasteiger partial charge in [-0.05, 0) is 42.5 Å². The quantitative estimate of drug-likeness (QED) is 0.701. The van der Waals surface area contributed by atoms with Gasteiger partial charge in [0, 0.05) is 5.39 Å². The number of anilines is 1. The van der Waals surface area contributed by atoms with Crippen molar-refractivity contribution in [1.82, 2.24) is 4.98 Å². The molecule has 0 aliphatic carbocycles. The molecule has 2 aromatic heterocycles. The van der Waals surface area contributed by atoms with Crippen molar-refractivity contribution in [3.05, 3.63) is 52.4 Å². The summed E-state index contributed by atoms with van der Waals surface area (Å²) in [6.45, 7) is 4.09. The predicted octanol–water partition coefficient (Wildman–Crippen LogP) is 4.52. The van der Waals surface area contributed by atoms with Crippen LogP contribution in [0.25, 0.3) is 10.9 Å². The maximum absolute atomic E-state index is 12.1. The summed E-state index contributed by atoms with van der Waals surface area (Å²) >= 11 is 2.75.